The number of halogens is 1. The van der Waals surface area contributed by atoms with Gasteiger partial charge >= 0.3 is 0 Å². The van der Waals surface area contributed by atoms with E-state index in [1.807, 2.05) is 0 Å². The summed E-state index contributed by atoms with van der Waals surface area (Å²) in [5, 5.41) is 3.60. The van der Waals surface area contributed by atoms with Gasteiger partial charge < -0.3 is 11.1 Å². The lowest BCUT2D eigenvalue weighted by molar-refractivity contribution is 0.290. The van der Waals surface area contributed by atoms with Crippen molar-refractivity contribution in [3.8, 4) is 0 Å². The second-order valence-electron chi connectivity index (χ2n) is 4.87. The van der Waals surface area contributed by atoms with E-state index in [1.165, 1.54) is 29.3 Å². The number of unbranched alkanes of at least 4 members (excludes halogenated alkanes) is 1. The van der Waals surface area contributed by atoms with E-state index >= 15 is 0 Å². The molecule has 0 saturated heterocycles. The van der Waals surface area contributed by atoms with E-state index in [4.69, 9.17) is 5.73 Å². The zero-order valence-corrected chi connectivity index (χ0v) is 11.7. The SMILES string of the molecule is NCCCCNC1CC(c2cccc(Br)c2)C1. The molecule has 0 unspecified atom stereocenters. The molecule has 2 nitrogen and oxygen atoms in total. The summed E-state index contributed by atoms with van der Waals surface area (Å²) in [6, 6.07) is 9.42. The van der Waals surface area contributed by atoms with E-state index in [9.17, 15) is 0 Å². The van der Waals surface area contributed by atoms with Crippen molar-refractivity contribution < 1.29 is 0 Å². The molecular formula is C14H21BrN2. The van der Waals surface area contributed by atoms with Crippen molar-refractivity contribution >= 4 is 15.9 Å². The first-order valence-electron chi connectivity index (χ1n) is 6.48. The van der Waals surface area contributed by atoms with Gasteiger partial charge in [0.2, 0.25) is 0 Å². The van der Waals surface area contributed by atoms with Crippen LogP contribution in [0, 0.1) is 0 Å². The van der Waals surface area contributed by atoms with Crippen LogP contribution in [-0.4, -0.2) is 19.1 Å². The van der Waals surface area contributed by atoms with Gasteiger partial charge in [0, 0.05) is 10.5 Å². The number of benzene rings is 1. The summed E-state index contributed by atoms with van der Waals surface area (Å²) in [4.78, 5) is 0. The molecule has 1 fully saturated rings. The third-order valence-corrected chi connectivity index (χ3v) is 4.02. The fourth-order valence-corrected chi connectivity index (χ4v) is 2.81. The first-order chi connectivity index (χ1) is 8.29. The molecule has 17 heavy (non-hydrogen) atoms. The van der Waals surface area contributed by atoms with Crippen LogP contribution in [0.1, 0.15) is 37.2 Å². The molecule has 1 aliphatic carbocycles. The molecule has 1 aliphatic rings. The molecule has 1 aromatic rings. The van der Waals surface area contributed by atoms with Gasteiger partial charge in [-0.25, -0.2) is 0 Å². The van der Waals surface area contributed by atoms with Crippen LogP contribution in [0.3, 0.4) is 0 Å². The van der Waals surface area contributed by atoms with Crippen molar-refractivity contribution in [3.05, 3.63) is 34.3 Å². The summed E-state index contributed by atoms with van der Waals surface area (Å²) in [5.41, 5.74) is 6.94. The summed E-state index contributed by atoms with van der Waals surface area (Å²) >= 11 is 3.53. The largest absolute Gasteiger partial charge is 0.330 e. The van der Waals surface area contributed by atoms with E-state index in [1.54, 1.807) is 0 Å². The number of rotatable bonds is 6. The molecule has 0 aromatic heterocycles. The van der Waals surface area contributed by atoms with Gasteiger partial charge in [0.1, 0.15) is 0 Å². The Labute approximate surface area is 112 Å². The molecule has 0 aliphatic heterocycles. The number of hydrogen-bond acceptors (Lipinski definition) is 2. The van der Waals surface area contributed by atoms with Gasteiger partial charge in [-0.1, -0.05) is 28.1 Å². The van der Waals surface area contributed by atoms with Gasteiger partial charge in [-0.3, -0.25) is 0 Å². The maximum absolute atomic E-state index is 5.47. The van der Waals surface area contributed by atoms with E-state index in [0.717, 1.165) is 31.5 Å². The van der Waals surface area contributed by atoms with Crippen molar-refractivity contribution in [1.82, 2.24) is 5.32 Å². The van der Waals surface area contributed by atoms with E-state index < -0.39 is 0 Å². The Morgan fingerprint density at radius 1 is 1.29 bits per heavy atom. The van der Waals surface area contributed by atoms with Crippen LogP contribution in [0.25, 0.3) is 0 Å². The Morgan fingerprint density at radius 3 is 2.82 bits per heavy atom. The fourth-order valence-electron chi connectivity index (χ4n) is 2.39. The molecule has 1 saturated carbocycles. The van der Waals surface area contributed by atoms with Crippen LogP contribution >= 0.6 is 15.9 Å². The maximum atomic E-state index is 5.47. The zero-order chi connectivity index (χ0) is 12.1. The van der Waals surface area contributed by atoms with Gasteiger partial charge in [-0.2, -0.15) is 0 Å². The summed E-state index contributed by atoms with van der Waals surface area (Å²) in [6.07, 6.45) is 4.89. The molecule has 2 rings (SSSR count). The molecule has 1 aromatic carbocycles. The Kier molecular flexibility index (Phi) is 5.01. The van der Waals surface area contributed by atoms with Crippen LogP contribution in [0.4, 0.5) is 0 Å². The number of nitrogens with one attached hydrogen (secondary N) is 1. The number of hydrogen-bond donors (Lipinski definition) is 2. The highest BCUT2D eigenvalue weighted by molar-refractivity contribution is 9.10. The predicted octanol–water partition coefficient (Wildman–Crippen LogP) is 3.02. The van der Waals surface area contributed by atoms with Gasteiger partial charge in [0.25, 0.3) is 0 Å². The molecule has 0 atom stereocenters. The third-order valence-electron chi connectivity index (χ3n) is 3.52. The molecule has 0 spiro atoms. The van der Waals surface area contributed by atoms with Crippen molar-refractivity contribution in [2.45, 2.75) is 37.6 Å². The van der Waals surface area contributed by atoms with Crippen LogP contribution in [0.2, 0.25) is 0 Å². The highest BCUT2D eigenvalue weighted by Gasteiger charge is 2.29. The van der Waals surface area contributed by atoms with E-state index in [2.05, 4.69) is 45.5 Å². The first-order valence-corrected chi connectivity index (χ1v) is 7.28. The smallest absolute Gasteiger partial charge is 0.0178 e. The fraction of sp³-hybridized carbons (Fsp3) is 0.571. The van der Waals surface area contributed by atoms with Gasteiger partial charge in [-0.15, -0.1) is 0 Å². The summed E-state index contributed by atoms with van der Waals surface area (Å²) < 4.78 is 1.19. The zero-order valence-electron chi connectivity index (χ0n) is 10.2. The normalized spacial score (nSPS) is 23.4. The van der Waals surface area contributed by atoms with Gasteiger partial charge in [-0.05, 0) is 62.4 Å². The molecule has 94 valence electrons. The Bertz CT molecular complexity index is 348. The molecule has 3 N–H and O–H groups in total. The summed E-state index contributed by atoms with van der Waals surface area (Å²) in [5.74, 6) is 0.750. The predicted molar refractivity (Wildman–Crippen MR) is 76.2 cm³/mol. The molecule has 0 bridgehead atoms. The standard InChI is InChI=1S/C14H21BrN2/c15-13-5-3-4-11(8-13)12-9-14(10-12)17-7-2-1-6-16/h3-5,8,12,14,17H,1-2,6-7,9-10,16H2. The van der Waals surface area contributed by atoms with Crippen LogP contribution in [-0.2, 0) is 0 Å². The molecule has 3 heteroatoms. The third kappa shape index (κ3) is 3.80. The minimum atomic E-state index is 0.719. The van der Waals surface area contributed by atoms with E-state index in [-0.39, 0.29) is 0 Å². The molecule has 0 amide bonds. The van der Waals surface area contributed by atoms with Crippen molar-refractivity contribution in [1.29, 1.82) is 0 Å². The maximum Gasteiger partial charge on any atom is 0.0178 e. The van der Waals surface area contributed by atoms with Gasteiger partial charge in [0.05, 0.1) is 0 Å². The average molecular weight is 297 g/mol. The minimum Gasteiger partial charge on any atom is -0.330 e. The van der Waals surface area contributed by atoms with E-state index in [0.29, 0.717) is 0 Å². The Hall–Kier alpha value is -0.380. The monoisotopic (exact) mass is 296 g/mol. The number of nitrogens with two attached hydrogens (primary N) is 1. The van der Waals surface area contributed by atoms with Gasteiger partial charge in [0.15, 0.2) is 0 Å². The summed E-state index contributed by atoms with van der Waals surface area (Å²) in [6.45, 7) is 1.93. The molecule has 0 heterocycles. The first kappa shape index (κ1) is 13.1. The van der Waals surface area contributed by atoms with Crippen LogP contribution in [0.15, 0.2) is 28.7 Å². The lowest BCUT2D eigenvalue weighted by Gasteiger charge is -2.36. The average Bonchev–Trinajstić information content (AvgIpc) is 2.26. The molecular weight excluding hydrogens is 276 g/mol. The quantitative estimate of drug-likeness (QED) is 0.792. The summed E-state index contributed by atoms with van der Waals surface area (Å²) in [7, 11) is 0. The minimum absolute atomic E-state index is 0.719. The van der Waals surface area contributed by atoms with Crippen LogP contribution in [0.5, 0.6) is 0 Å². The topological polar surface area (TPSA) is 38.0 Å². The lowest BCUT2D eigenvalue weighted by atomic mass is 9.76. The second-order valence-corrected chi connectivity index (χ2v) is 5.79. The van der Waals surface area contributed by atoms with Crippen molar-refractivity contribution in [3.63, 3.8) is 0 Å². The second kappa shape index (κ2) is 6.53. The van der Waals surface area contributed by atoms with Crippen molar-refractivity contribution in [2.24, 2.45) is 5.73 Å². The highest BCUT2D eigenvalue weighted by Crippen LogP contribution is 2.37. The molecule has 0 radical (unpaired) electrons. The highest BCUT2D eigenvalue weighted by atomic mass is 79.9. The van der Waals surface area contributed by atoms with Crippen molar-refractivity contribution in [2.75, 3.05) is 13.1 Å². The Balaban J connectivity index is 1.68. The Morgan fingerprint density at radius 2 is 2.12 bits per heavy atom. The van der Waals surface area contributed by atoms with Crippen LogP contribution < -0.4 is 11.1 Å². The lowest BCUT2D eigenvalue weighted by Crippen LogP contribution is -2.40.